The van der Waals surface area contributed by atoms with Crippen LogP contribution in [0.15, 0.2) is 42.5 Å². The van der Waals surface area contributed by atoms with E-state index in [2.05, 4.69) is 17.4 Å². The molecular formula is C30H42ClN5O4. The Kier molecular flexibility index (Phi) is 10.4. The fourth-order valence-corrected chi connectivity index (χ4v) is 4.71. The van der Waals surface area contributed by atoms with Gasteiger partial charge in [0.05, 0.1) is 13.1 Å². The molecule has 9 nitrogen and oxygen atoms in total. The van der Waals surface area contributed by atoms with Crippen LogP contribution in [0, 0.1) is 6.92 Å². The molecule has 1 aliphatic heterocycles. The number of nitrogens with zero attached hydrogens (tertiary/aromatic N) is 4. The molecule has 0 unspecified atom stereocenters. The van der Waals surface area contributed by atoms with E-state index in [1.807, 2.05) is 70.8 Å². The zero-order chi connectivity index (χ0) is 29.6. The van der Waals surface area contributed by atoms with E-state index in [1.165, 1.54) is 11.1 Å². The standard InChI is InChI=1S/C30H42ClN5O4/c1-21(2)36(29(39)40-30(4,5)6)16-15-32-27(37)19-34(26-14-10-13-25(31)22(26)3)20-28(38)33(7)35-17-23-11-8-9-12-24(23)18-35/h8-14,21H,15-20H2,1-7H3,(H,32,37). The first-order chi connectivity index (χ1) is 18.8. The van der Waals surface area contributed by atoms with Crippen LogP contribution in [-0.2, 0) is 27.4 Å². The van der Waals surface area contributed by atoms with Gasteiger partial charge in [-0.3, -0.25) is 14.6 Å². The lowest BCUT2D eigenvalue weighted by atomic mass is 10.1. The highest BCUT2D eigenvalue weighted by atomic mass is 35.5. The monoisotopic (exact) mass is 571 g/mol. The average molecular weight is 572 g/mol. The van der Waals surface area contributed by atoms with Gasteiger partial charge in [-0.15, -0.1) is 0 Å². The zero-order valence-corrected chi connectivity index (χ0v) is 25.4. The Hall–Kier alpha value is -3.30. The van der Waals surface area contributed by atoms with Crippen molar-refractivity contribution in [3.05, 3.63) is 64.2 Å². The van der Waals surface area contributed by atoms with E-state index in [1.54, 1.807) is 27.9 Å². The summed E-state index contributed by atoms with van der Waals surface area (Å²) in [6, 6.07) is 13.5. The number of ether oxygens (including phenoxy) is 1. The van der Waals surface area contributed by atoms with Crippen LogP contribution >= 0.6 is 11.6 Å². The number of nitrogens with one attached hydrogen (secondary N) is 1. The first-order valence-corrected chi connectivity index (χ1v) is 14.0. The zero-order valence-electron chi connectivity index (χ0n) is 24.7. The Morgan fingerprint density at radius 1 is 1.02 bits per heavy atom. The summed E-state index contributed by atoms with van der Waals surface area (Å²) in [7, 11) is 1.76. The highest BCUT2D eigenvalue weighted by molar-refractivity contribution is 6.31. The van der Waals surface area contributed by atoms with Crippen LogP contribution in [0.1, 0.15) is 51.3 Å². The minimum Gasteiger partial charge on any atom is -0.444 e. The molecule has 2 aromatic rings. The Labute approximate surface area is 243 Å². The molecule has 218 valence electrons. The fraction of sp³-hybridized carbons (Fsp3) is 0.500. The maximum Gasteiger partial charge on any atom is 0.410 e. The van der Waals surface area contributed by atoms with Crippen LogP contribution in [0.25, 0.3) is 0 Å². The van der Waals surface area contributed by atoms with Crippen LogP contribution in [0.2, 0.25) is 5.02 Å². The third-order valence-electron chi connectivity index (χ3n) is 6.78. The average Bonchev–Trinajstić information content (AvgIpc) is 3.30. The summed E-state index contributed by atoms with van der Waals surface area (Å²) in [4.78, 5) is 42.4. The predicted octanol–water partition coefficient (Wildman–Crippen LogP) is 4.61. The molecule has 3 amide bonds. The van der Waals surface area contributed by atoms with Crippen molar-refractivity contribution in [3.63, 3.8) is 0 Å². The van der Waals surface area contributed by atoms with Gasteiger partial charge in [0.15, 0.2) is 0 Å². The normalized spacial score (nSPS) is 13.1. The van der Waals surface area contributed by atoms with Gasteiger partial charge in [0.2, 0.25) is 5.91 Å². The van der Waals surface area contributed by atoms with Gasteiger partial charge in [-0.05, 0) is 70.4 Å². The number of carbonyl (C=O) groups is 3. The van der Waals surface area contributed by atoms with Crippen molar-refractivity contribution >= 4 is 35.2 Å². The molecule has 40 heavy (non-hydrogen) atoms. The Bertz CT molecular complexity index is 1190. The summed E-state index contributed by atoms with van der Waals surface area (Å²) in [5, 5.41) is 7.07. The van der Waals surface area contributed by atoms with Gasteiger partial charge in [0.25, 0.3) is 5.91 Å². The molecule has 0 atom stereocenters. The number of amides is 3. The SMILES string of the molecule is Cc1c(Cl)cccc1N(CC(=O)NCCN(C(=O)OC(C)(C)C)C(C)C)CC(=O)N(C)N1Cc2ccccc2C1. The molecule has 0 spiro atoms. The maximum absolute atomic E-state index is 13.4. The van der Waals surface area contributed by atoms with Crippen molar-refractivity contribution in [2.75, 3.05) is 38.1 Å². The Morgan fingerprint density at radius 2 is 1.65 bits per heavy atom. The molecule has 0 saturated heterocycles. The molecule has 0 bridgehead atoms. The molecule has 10 heteroatoms. The Balaban J connectivity index is 1.66. The van der Waals surface area contributed by atoms with Crippen molar-refractivity contribution in [3.8, 4) is 0 Å². The number of likely N-dealkylation sites (N-methyl/N-ethyl adjacent to an activating group) is 1. The van der Waals surface area contributed by atoms with Gasteiger partial charge in [0.1, 0.15) is 5.60 Å². The second kappa shape index (κ2) is 13.4. The fourth-order valence-electron chi connectivity index (χ4n) is 4.54. The van der Waals surface area contributed by atoms with Crippen LogP contribution in [0.3, 0.4) is 0 Å². The summed E-state index contributed by atoms with van der Waals surface area (Å²) in [5.74, 6) is -0.410. The lowest BCUT2D eigenvalue weighted by Gasteiger charge is -2.32. The number of carbonyl (C=O) groups excluding carboxylic acids is 3. The number of hydrogen-bond donors (Lipinski definition) is 1. The maximum atomic E-state index is 13.4. The quantitative estimate of drug-likeness (QED) is 0.448. The highest BCUT2D eigenvalue weighted by Gasteiger charge is 2.28. The number of fused-ring (bicyclic) bond motifs is 1. The van der Waals surface area contributed by atoms with Crippen LogP contribution in [0.4, 0.5) is 10.5 Å². The lowest BCUT2D eigenvalue weighted by molar-refractivity contribution is -0.145. The highest BCUT2D eigenvalue weighted by Crippen LogP contribution is 2.27. The van der Waals surface area contributed by atoms with E-state index >= 15 is 0 Å². The minimum atomic E-state index is -0.611. The van der Waals surface area contributed by atoms with Crippen molar-refractivity contribution < 1.29 is 19.1 Å². The van der Waals surface area contributed by atoms with E-state index in [0.29, 0.717) is 30.3 Å². The van der Waals surface area contributed by atoms with Gasteiger partial charge in [-0.2, -0.15) is 0 Å². The molecule has 0 aliphatic carbocycles. The third-order valence-corrected chi connectivity index (χ3v) is 7.19. The molecule has 0 fully saturated rings. The molecule has 0 saturated carbocycles. The summed E-state index contributed by atoms with van der Waals surface area (Å²) in [6.07, 6.45) is -0.425. The lowest BCUT2D eigenvalue weighted by Crippen LogP contribution is -2.49. The van der Waals surface area contributed by atoms with E-state index in [-0.39, 0.29) is 37.5 Å². The van der Waals surface area contributed by atoms with Gasteiger partial charge in [-0.1, -0.05) is 41.9 Å². The summed E-state index contributed by atoms with van der Waals surface area (Å²) >= 11 is 6.39. The molecular weight excluding hydrogens is 530 g/mol. The van der Waals surface area contributed by atoms with Gasteiger partial charge in [0, 0.05) is 50.0 Å². The number of anilines is 1. The number of hydrazine groups is 1. The van der Waals surface area contributed by atoms with E-state index in [9.17, 15) is 14.4 Å². The largest absolute Gasteiger partial charge is 0.444 e. The third kappa shape index (κ3) is 8.35. The summed E-state index contributed by atoms with van der Waals surface area (Å²) < 4.78 is 5.50. The topological polar surface area (TPSA) is 85.4 Å². The van der Waals surface area contributed by atoms with Gasteiger partial charge < -0.3 is 19.9 Å². The first kappa shape index (κ1) is 31.2. The van der Waals surface area contributed by atoms with Crippen LogP contribution < -0.4 is 10.2 Å². The predicted molar refractivity (Wildman–Crippen MR) is 158 cm³/mol. The van der Waals surface area contributed by atoms with Crippen molar-refractivity contribution in [2.24, 2.45) is 0 Å². The molecule has 1 N–H and O–H groups in total. The van der Waals surface area contributed by atoms with Gasteiger partial charge >= 0.3 is 6.09 Å². The summed E-state index contributed by atoms with van der Waals surface area (Å²) in [6.45, 7) is 12.9. The van der Waals surface area contributed by atoms with Gasteiger partial charge in [-0.25, -0.2) is 9.80 Å². The summed E-state index contributed by atoms with van der Waals surface area (Å²) in [5.41, 5.74) is 3.29. The number of halogens is 1. The van der Waals surface area contributed by atoms with Crippen molar-refractivity contribution in [2.45, 2.75) is 66.3 Å². The van der Waals surface area contributed by atoms with Crippen LogP contribution in [-0.4, -0.2) is 77.7 Å². The molecule has 1 aliphatic rings. The molecule has 1 heterocycles. The second-order valence-electron chi connectivity index (χ2n) is 11.4. The number of rotatable bonds is 10. The van der Waals surface area contributed by atoms with E-state index in [4.69, 9.17) is 16.3 Å². The smallest absolute Gasteiger partial charge is 0.410 e. The number of benzene rings is 2. The minimum absolute atomic E-state index is 0.00598. The van der Waals surface area contributed by atoms with Crippen molar-refractivity contribution in [1.29, 1.82) is 0 Å². The van der Waals surface area contributed by atoms with E-state index in [0.717, 1.165) is 5.56 Å². The molecule has 3 rings (SSSR count). The molecule has 2 aromatic carbocycles. The second-order valence-corrected chi connectivity index (χ2v) is 11.8. The van der Waals surface area contributed by atoms with Crippen molar-refractivity contribution in [1.82, 2.24) is 20.2 Å². The molecule has 0 aromatic heterocycles. The number of hydrogen-bond acceptors (Lipinski definition) is 6. The Morgan fingerprint density at radius 3 is 2.23 bits per heavy atom. The van der Waals surface area contributed by atoms with Crippen LogP contribution in [0.5, 0.6) is 0 Å². The molecule has 0 radical (unpaired) electrons. The van der Waals surface area contributed by atoms with E-state index < -0.39 is 11.7 Å². The first-order valence-electron chi connectivity index (χ1n) is 13.6.